The van der Waals surface area contributed by atoms with Crippen molar-refractivity contribution in [3.63, 3.8) is 0 Å². The van der Waals surface area contributed by atoms with Crippen LogP contribution in [0.15, 0.2) is 118 Å². The molecule has 260 valence electrons. The van der Waals surface area contributed by atoms with Crippen LogP contribution < -0.4 is 37.3 Å². The minimum Gasteiger partial charge on any atom is -0.250 e. The number of hydrogen-bond donors (Lipinski definition) is 0. The molecular formula is C26H28Ag2Cl2N4O8S4. The molecule has 0 N–H and O–H groups in total. The molecule has 0 atom stereocenters. The fourth-order valence-corrected chi connectivity index (χ4v) is 6.15. The van der Waals surface area contributed by atoms with Crippen molar-refractivity contribution in [3.05, 3.63) is 97.6 Å². The average Bonchev–Trinajstić information content (AvgIpc) is 2.98. The van der Waals surface area contributed by atoms with Crippen molar-refractivity contribution in [2.45, 2.75) is 32.9 Å². The number of rotatable bonds is 12. The molecule has 4 aromatic rings. The minimum atomic E-state index is -4.94. The van der Waals surface area contributed by atoms with E-state index in [9.17, 15) is 0 Å². The van der Waals surface area contributed by atoms with Gasteiger partial charge in [-0.05, 0) is 61.4 Å². The van der Waals surface area contributed by atoms with E-state index in [1.165, 1.54) is 12.8 Å². The van der Waals surface area contributed by atoms with E-state index in [1.54, 1.807) is 0 Å². The van der Waals surface area contributed by atoms with E-state index in [2.05, 4.69) is 44.2 Å². The van der Waals surface area contributed by atoms with Gasteiger partial charge in [0.15, 0.2) is 0 Å². The molecule has 0 fully saturated rings. The summed E-state index contributed by atoms with van der Waals surface area (Å²) in [5.74, 6) is 4.43. The molecule has 0 saturated carbocycles. The second-order valence-electron chi connectivity index (χ2n) is 7.53. The average molecular weight is 939 g/mol. The Labute approximate surface area is 320 Å². The first-order chi connectivity index (χ1) is 20.9. The summed E-state index contributed by atoms with van der Waals surface area (Å²) in [5.41, 5.74) is 0. The molecule has 4 rings (SSSR count). The third kappa shape index (κ3) is 35.1. The molecule has 0 bridgehead atoms. The van der Waals surface area contributed by atoms with Gasteiger partial charge in [0, 0.05) is 47.8 Å². The van der Waals surface area contributed by atoms with E-state index in [4.69, 9.17) is 37.3 Å². The van der Waals surface area contributed by atoms with Crippen molar-refractivity contribution in [2.75, 3.05) is 23.0 Å². The third-order valence-corrected chi connectivity index (χ3v) is 8.25. The van der Waals surface area contributed by atoms with Crippen molar-refractivity contribution in [3.8, 4) is 0 Å². The van der Waals surface area contributed by atoms with E-state index in [1.807, 2.05) is 120 Å². The van der Waals surface area contributed by atoms with Gasteiger partial charge >= 0.3 is 44.8 Å². The molecule has 46 heavy (non-hydrogen) atoms. The molecule has 4 heterocycles. The van der Waals surface area contributed by atoms with Crippen LogP contribution in [-0.4, -0.2) is 42.9 Å². The predicted octanol–water partition coefficient (Wildman–Crippen LogP) is -2.01. The Bertz CT molecular complexity index is 1040. The zero-order valence-corrected chi connectivity index (χ0v) is 31.3. The van der Waals surface area contributed by atoms with Crippen LogP contribution >= 0.6 is 47.0 Å². The van der Waals surface area contributed by atoms with E-state index in [-0.39, 0.29) is 44.8 Å². The molecule has 0 aliphatic rings. The van der Waals surface area contributed by atoms with Gasteiger partial charge in [0.25, 0.3) is 0 Å². The SMILES string of the molecule is [Ag+].[Ag+].[O-][Cl+3]([O-])([O-])[O-].[O-][Cl+3]([O-])([O-])[O-].c1ccc(SCCCSc2ccccn2)nc1.c1ccc(SCCCSc2ccccn2)nc1. The molecule has 0 radical (unpaired) electrons. The number of pyridine rings is 4. The van der Waals surface area contributed by atoms with Gasteiger partial charge in [0.2, 0.25) is 0 Å². The van der Waals surface area contributed by atoms with Crippen LogP contribution in [0.2, 0.25) is 0 Å². The summed E-state index contributed by atoms with van der Waals surface area (Å²) in [5, 5.41) is 4.43. The zero-order valence-electron chi connectivity index (χ0n) is 23.5. The summed E-state index contributed by atoms with van der Waals surface area (Å²) in [6, 6.07) is 24.1. The molecule has 0 spiro atoms. The summed E-state index contributed by atoms with van der Waals surface area (Å²) in [4.78, 5) is 17.1. The molecule has 0 amide bonds. The summed E-state index contributed by atoms with van der Waals surface area (Å²) in [7, 11) is -9.89. The quantitative estimate of drug-likeness (QED) is 0.0848. The molecule has 4 aromatic heterocycles. The number of thioether (sulfide) groups is 4. The van der Waals surface area contributed by atoms with Crippen LogP contribution in [0.1, 0.15) is 12.8 Å². The largest absolute Gasteiger partial charge is 1.00 e. The van der Waals surface area contributed by atoms with Crippen LogP contribution in [0.25, 0.3) is 0 Å². The molecular weight excluding hydrogens is 911 g/mol. The first kappa shape index (κ1) is 47.9. The second-order valence-corrected chi connectivity index (χ2v) is 13.5. The maximum Gasteiger partial charge on any atom is 1.00 e. The number of halogens is 2. The maximum absolute atomic E-state index is 8.49. The molecule has 0 unspecified atom stereocenters. The van der Waals surface area contributed by atoms with Crippen molar-refractivity contribution < 1.29 is 103 Å². The summed E-state index contributed by atoms with van der Waals surface area (Å²) in [6.45, 7) is 0. The number of hydrogen-bond acceptors (Lipinski definition) is 16. The van der Waals surface area contributed by atoms with Gasteiger partial charge in [0.1, 0.15) is 0 Å². The van der Waals surface area contributed by atoms with Gasteiger partial charge in [-0.25, -0.2) is 57.2 Å². The molecule has 0 saturated heterocycles. The second kappa shape index (κ2) is 29.6. The van der Waals surface area contributed by atoms with Gasteiger partial charge in [-0.1, -0.05) is 24.3 Å². The van der Waals surface area contributed by atoms with Crippen LogP contribution in [0.4, 0.5) is 0 Å². The van der Waals surface area contributed by atoms with Crippen molar-refractivity contribution in [2.24, 2.45) is 0 Å². The first-order valence-corrected chi connectivity index (χ1v) is 18.7. The molecule has 0 aliphatic heterocycles. The van der Waals surface area contributed by atoms with Gasteiger partial charge in [-0.15, -0.1) is 67.5 Å². The fraction of sp³-hybridized carbons (Fsp3) is 0.231. The topological polar surface area (TPSA) is 236 Å². The Morgan fingerprint density at radius 1 is 0.391 bits per heavy atom. The normalized spacial score (nSPS) is 10.3. The Morgan fingerprint density at radius 2 is 0.587 bits per heavy atom. The van der Waals surface area contributed by atoms with E-state index >= 15 is 0 Å². The van der Waals surface area contributed by atoms with E-state index in [0.29, 0.717) is 0 Å². The number of aromatic nitrogens is 4. The van der Waals surface area contributed by atoms with Crippen molar-refractivity contribution in [1.82, 2.24) is 19.9 Å². The fourth-order valence-electron chi connectivity index (χ4n) is 2.55. The van der Waals surface area contributed by atoms with E-state index in [0.717, 1.165) is 43.1 Å². The van der Waals surface area contributed by atoms with Crippen molar-refractivity contribution >= 4 is 47.0 Å². The monoisotopic (exact) mass is 936 g/mol. The number of nitrogens with zero attached hydrogens (tertiary/aromatic N) is 4. The van der Waals surface area contributed by atoms with E-state index < -0.39 is 20.5 Å². The minimum absolute atomic E-state index is 0. The molecule has 12 nitrogen and oxygen atoms in total. The van der Waals surface area contributed by atoms with Crippen LogP contribution in [-0.2, 0) is 44.8 Å². The first-order valence-electron chi connectivity index (χ1n) is 12.3. The standard InChI is InChI=1S/2C13H14N2S2.2Ag.2ClHO4/c2*1-3-8-14-12(6-1)16-10-5-11-17-13-7-2-4-9-15-13;;;2*2-1(3,4)5/h2*1-4,6-9H,5,10-11H2;;;2*(H,2,3,4,5)/q;;2*+1;;/p-2. The van der Waals surface area contributed by atoms with Gasteiger partial charge in [-0.2, -0.15) is 0 Å². The van der Waals surface area contributed by atoms with Gasteiger partial charge in [-0.3, -0.25) is 0 Å². The summed E-state index contributed by atoms with van der Waals surface area (Å²) < 4.78 is 67.9. The predicted molar refractivity (Wildman–Crippen MR) is 149 cm³/mol. The smallest absolute Gasteiger partial charge is 0.250 e. The van der Waals surface area contributed by atoms with Crippen molar-refractivity contribution in [1.29, 1.82) is 0 Å². The zero-order chi connectivity index (χ0) is 32.5. The Morgan fingerprint density at radius 3 is 0.739 bits per heavy atom. The van der Waals surface area contributed by atoms with Gasteiger partial charge in [0.05, 0.1) is 20.1 Å². The Hall–Kier alpha value is -0.259. The Kier molecular flexibility index (Phi) is 30.8. The van der Waals surface area contributed by atoms with Crippen LogP contribution in [0.5, 0.6) is 0 Å². The summed E-state index contributed by atoms with van der Waals surface area (Å²) in [6.07, 6.45) is 9.69. The van der Waals surface area contributed by atoms with Crippen LogP contribution in [0.3, 0.4) is 0 Å². The Balaban J connectivity index is 0. The molecule has 0 aliphatic carbocycles. The maximum atomic E-state index is 8.49. The third-order valence-electron chi connectivity index (χ3n) is 4.13. The van der Waals surface area contributed by atoms with Gasteiger partial charge < -0.3 is 0 Å². The molecule has 0 aromatic carbocycles. The van der Waals surface area contributed by atoms with Crippen LogP contribution in [0, 0.1) is 20.5 Å². The summed E-state index contributed by atoms with van der Waals surface area (Å²) >= 11 is 7.24. The molecule has 20 heteroatoms.